The highest BCUT2D eigenvalue weighted by atomic mass is 35.5. The van der Waals surface area contributed by atoms with E-state index in [1.54, 1.807) is 12.1 Å². The van der Waals surface area contributed by atoms with E-state index in [4.69, 9.17) is 55.7 Å². The Hall–Kier alpha value is -7.52. The molecule has 1 unspecified atom stereocenters. The van der Waals surface area contributed by atoms with E-state index >= 15 is 0 Å². The zero-order valence-corrected chi connectivity index (χ0v) is 44.1. The fourth-order valence-electron chi connectivity index (χ4n) is 10.2. The van der Waals surface area contributed by atoms with Crippen molar-refractivity contribution in [3.8, 4) is 80.3 Å². The second-order valence-electron chi connectivity index (χ2n) is 17.8. The molecule has 0 amide bonds. The van der Waals surface area contributed by atoms with E-state index in [1.165, 1.54) is 95.7 Å². The van der Waals surface area contributed by atoms with Gasteiger partial charge in [0.2, 0.25) is 19.3 Å². The van der Waals surface area contributed by atoms with E-state index in [0.29, 0.717) is 59.4 Å². The Bertz CT molecular complexity index is 3630. The van der Waals surface area contributed by atoms with Crippen molar-refractivity contribution >= 4 is 43.4 Å². The van der Waals surface area contributed by atoms with Crippen LogP contribution < -0.4 is 60.3 Å². The lowest BCUT2D eigenvalue weighted by Crippen LogP contribution is -2.40. The average Bonchev–Trinajstić information content (AvgIpc) is 4.10. The Labute approximate surface area is 439 Å². The Kier molecular flexibility index (Phi) is 13.8. The molecule has 392 valence electrons. The first-order valence-corrected chi connectivity index (χ1v) is 26.3. The van der Waals surface area contributed by atoms with Crippen molar-refractivity contribution in [2.75, 3.05) is 62.8 Å². The lowest BCUT2D eigenvalue weighted by Gasteiger charge is -2.42. The molecule has 75 heavy (non-hydrogen) atoms. The number of aromatic nitrogens is 1. The fourth-order valence-corrected chi connectivity index (χ4v) is 12.1. The van der Waals surface area contributed by atoms with E-state index in [-0.39, 0.29) is 59.1 Å². The molecular formula is C54H52ClN2O16S2+. The molecule has 5 aliphatic rings. The monoisotopic (exact) mass is 1080 g/mol. The number of hydrogen-bond acceptors (Lipinski definition) is 17. The van der Waals surface area contributed by atoms with Crippen molar-refractivity contribution in [2.24, 2.45) is 0 Å². The van der Waals surface area contributed by atoms with Gasteiger partial charge in [-0.05, 0) is 107 Å². The van der Waals surface area contributed by atoms with Crippen molar-refractivity contribution in [3.63, 3.8) is 0 Å². The van der Waals surface area contributed by atoms with Crippen LogP contribution in [0.4, 0.5) is 0 Å². The molecule has 0 spiro atoms. The third kappa shape index (κ3) is 9.29. The highest BCUT2D eigenvalue weighted by Gasteiger charge is 2.37. The van der Waals surface area contributed by atoms with Crippen LogP contribution in [0.1, 0.15) is 33.9 Å². The molecule has 0 bridgehead atoms. The molecular weight excluding hydrogens is 1030 g/mol. The van der Waals surface area contributed by atoms with Gasteiger partial charge >= 0.3 is 20.2 Å². The summed E-state index contributed by atoms with van der Waals surface area (Å²) >= 11 is 0. The van der Waals surface area contributed by atoms with Crippen molar-refractivity contribution in [1.82, 2.24) is 4.90 Å². The molecule has 12 rings (SSSR count). The molecule has 0 N–H and O–H groups in total. The number of aryl methyl sites for hydroxylation is 2. The molecule has 0 fully saturated rings. The maximum Gasteiger partial charge on any atom is 0.339 e. The average molecular weight is 1080 g/mol. The topological polar surface area (TPSA) is 186 Å². The van der Waals surface area contributed by atoms with Crippen LogP contribution >= 0.6 is 12.4 Å². The number of benzene rings is 6. The molecule has 1 aromatic heterocycles. The minimum Gasteiger partial charge on any atom is -0.493 e. The van der Waals surface area contributed by atoms with Gasteiger partial charge in [0.05, 0.1) is 53.6 Å². The number of hydrogen-bond donors (Lipinski definition) is 0. The van der Waals surface area contributed by atoms with E-state index in [1.807, 2.05) is 36.5 Å². The number of rotatable bonds is 12. The minimum atomic E-state index is -4.23. The van der Waals surface area contributed by atoms with Gasteiger partial charge in [-0.15, -0.1) is 12.4 Å². The summed E-state index contributed by atoms with van der Waals surface area (Å²) in [6, 6.07) is 26.3. The lowest BCUT2D eigenvalue weighted by molar-refractivity contribution is -0.686. The van der Waals surface area contributed by atoms with Crippen LogP contribution in [0.25, 0.3) is 22.0 Å². The lowest BCUT2D eigenvalue weighted by atomic mass is 9.83. The summed E-state index contributed by atoms with van der Waals surface area (Å²) in [5.74, 6) is 5.44. The molecule has 5 aliphatic heterocycles. The predicted octanol–water partition coefficient (Wildman–Crippen LogP) is 8.16. The largest absolute Gasteiger partial charge is 0.493 e. The first kappa shape index (κ1) is 51.0. The van der Waals surface area contributed by atoms with Gasteiger partial charge < -0.3 is 55.7 Å². The maximum absolute atomic E-state index is 13.4. The summed E-state index contributed by atoms with van der Waals surface area (Å²) in [6.07, 6.45) is 4.26. The van der Waals surface area contributed by atoms with Gasteiger partial charge in [0.25, 0.3) is 0 Å². The Morgan fingerprint density at radius 1 is 0.547 bits per heavy atom. The predicted molar refractivity (Wildman–Crippen MR) is 274 cm³/mol. The molecule has 0 saturated carbocycles. The number of halogens is 1. The normalized spacial score (nSPS) is 15.5. The molecule has 18 nitrogen and oxygen atoms in total. The molecule has 0 aliphatic carbocycles. The van der Waals surface area contributed by atoms with Crippen LogP contribution in [0.15, 0.2) is 107 Å². The molecule has 0 radical (unpaired) electrons. The molecule has 6 heterocycles. The summed E-state index contributed by atoms with van der Waals surface area (Å²) < 4.78 is 121. The highest BCUT2D eigenvalue weighted by molar-refractivity contribution is 7.87. The zero-order chi connectivity index (χ0) is 51.5. The third-order valence-electron chi connectivity index (χ3n) is 13.9. The zero-order valence-electron chi connectivity index (χ0n) is 41.6. The molecule has 21 heteroatoms. The summed E-state index contributed by atoms with van der Waals surface area (Å²) in [7, 11) is 0.424. The smallest absolute Gasteiger partial charge is 0.339 e. The van der Waals surface area contributed by atoms with Crippen molar-refractivity contribution < 1.29 is 77.1 Å². The second kappa shape index (κ2) is 20.3. The van der Waals surface area contributed by atoms with E-state index in [0.717, 1.165) is 64.4 Å². The van der Waals surface area contributed by atoms with Crippen LogP contribution in [0.2, 0.25) is 0 Å². The van der Waals surface area contributed by atoms with Gasteiger partial charge in [-0.3, -0.25) is 4.90 Å². The first-order valence-electron chi connectivity index (χ1n) is 23.5. The summed E-state index contributed by atoms with van der Waals surface area (Å²) in [5.41, 5.74) is 7.52. The third-order valence-corrected chi connectivity index (χ3v) is 16.3. The number of ether oxygens (including phenoxy) is 10. The minimum absolute atomic E-state index is 0. The fraction of sp³-hybridized carbons (Fsp3) is 0.278. The van der Waals surface area contributed by atoms with Gasteiger partial charge in [-0.25, -0.2) is 0 Å². The number of fused-ring (bicyclic) bond motifs is 10. The first-order chi connectivity index (χ1) is 35.8. The Morgan fingerprint density at radius 3 is 1.69 bits per heavy atom. The van der Waals surface area contributed by atoms with Gasteiger partial charge in [0.1, 0.15) is 9.79 Å². The Balaban J connectivity index is 0.000000169. The van der Waals surface area contributed by atoms with Crippen LogP contribution in [0.5, 0.6) is 69.0 Å². The van der Waals surface area contributed by atoms with Crippen LogP contribution in [-0.4, -0.2) is 84.5 Å². The van der Waals surface area contributed by atoms with E-state index in [9.17, 15) is 16.8 Å². The maximum atomic E-state index is 13.4. The van der Waals surface area contributed by atoms with Gasteiger partial charge in [0, 0.05) is 49.3 Å². The second-order valence-corrected chi connectivity index (χ2v) is 20.8. The number of pyridine rings is 1. The van der Waals surface area contributed by atoms with Gasteiger partial charge in [-0.1, -0.05) is 6.07 Å². The van der Waals surface area contributed by atoms with Gasteiger partial charge in [-0.2, -0.15) is 21.4 Å². The number of nitrogens with zero attached hydrogens (tertiary/aromatic N) is 2. The van der Waals surface area contributed by atoms with E-state index < -0.39 is 20.2 Å². The standard InChI is InChI=1S/C27H27NO8S.C27H24NO8S.ClH/c2*1-31-22-7-5-18(12-24(22)33-3)37(29,30)36-27-20-14-28-9-8-17-11-25-26(35-15-34-25)13-19(17)21(28)10-16(20)4-6-23(27)32-2;/h4-7,11-13,21H,8-10,14-15H2,1-3H3;4-7,10-14H,8-9,15H2,1-3H3;1H/q;+1;. The summed E-state index contributed by atoms with van der Waals surface area (Å²) in [5, 5.41) is 1.41. The van der Waals surface area contributed by atoms with Crippen molar-refractivity contribution in [3.05, 3.63) is 125 Å². The molecule has 0 saturated heterocycles. The van der Waals surface area contributed by atoms with Gasteiger partial charge in [0.15, 0.2) is 81.7 Å². The molecule has 6 aromatic carbocycles. The van der Waals surface area contributed by atoms with E-state index in [2.05, 4.69) is 21.6 Å². The summed E-state index contributed by atoms with van der Waals surface area (Å²) in [6.45, 7) is 2.52. The molecule has 1 atom stereocenters. The Morgan fingerprint density at radius 2 is 1.08 bits per heavy atom. The number of methoxy groups -OCH3 is 6. The SMILES string of the molecule is COc1ccc(S(=O)(=O)Oc2c(OC)ccc3c2CN2CCc4cc5c(cc4C2C3)OCO5)cc1OC.COc1ccc(S(=O)(=O)Oc2c(OC)ccc3cc4[n+](cc23)CCc2cc3c(cc2-4)OCO3)cc1OC.Cl. The highest BCUT2D eigenvalue weighted by Crippen LogP contribution is 2.48. The van der Waals surface area contributed by atoms with Crippen molar-refractivity contribution in [1.29, 1.82) is 0 Å². The molecule has 7 aromatic rings. The summed E-state index contributed by atoms with van der Waals surface area (Å²) in [4.78, 5) is 2.24. The van der Waals surface area contributed by atoms with Crippen molar-refractivity contribution in [2.45, 2.75) is 48.2 Å². The van der Waals surface area contributed by atoms with Crippen LogP contribution in [0, 0.1) is 0 Å². The quantitative estimate of drug-likeness (QED) is 0.0842. The van der Waals surface area contributed by atoms with Crippen LogP contribution in [-0.2, 0) is 52.6 Å². The van der Waals surface area contributed by atoms with Crippen LogP contribution in [0.3, 0.4) is 0 Å².